The molecule has 1 fully saturated rings. The number of hydrogen-bond acceptors (Lipinski definition) is 3. The summed E-state index contributed by atoms with van der Waals surface area (Å²) < 4.78 is 0. The van der Waals surface area contributed by atoms with Gasteiger partial charge in [-0.25, -0.2) is 4.79 Å². The maximum atomic E-state index is 12.2. The van der Waals surface area contributed by atoms with Crippen molar-refractivity contribution in [2.24, 2.45) is 5.41 Å². The Balaban J connectivity index is 2.52. The van der Waals surface area contributed by atoms with Crippen molar-refractivity contribution in [3.05, 3.63) is 0 Å². The highest BCUT2D eigenvalue weighted by Crippen LogP contribution is 2.25. The molecule has 1 rings (SSSR count). The van der Waals surface area contributed by atoms with Gasteiger partial charge < -0.3 is 10.0 Å². The molecule has 120 valence electrons. The molecule has 0 atom stereocenters. The van der Waals surface area contributed by atoms with Crippen LogP contribution in [-0.4, -0.2) is 40.5 Å². The molecule has 0 heterocycles. The zero-order valence-electron chi connectivity index (χ0n) is 13.1. The monoisotopic (exact) mass is 298 g/mol. The normalized spacial score (nSPS) is 15.8. The number of amides is 3. The lowest BCUT2D eigenvalue weighted by Gasteiger charge is -2.28. The molecule has 3 amide bonds. The van der Waals surface area contributed by atoms with Gasteiger partial charge in [0.15, 0.2) is 0 Å². The van der Waals surface area contributed by atoms with Gasteiger partial charge in [0, 0.05) is 19.0 Å². The van der Waals surface area contributed by atoms with Crippen LogP contribution in [0.4, 0.5) is 4.79 Å². The molecular weight excluding hydrogens is 272 g/mol. The van der Waals surface area contributed by atoms with E-state index in [4.69, 9.17) is 5.11 Å². The summed E-state index contributed by atoms with van der Waals surface area (Å²) >= 11 is 0. The maximum Gasteiger partial charge on any atom is 0.324 e. The van der Waals surface area contributed by atoms with E-state index in [1.54, 1.807) is 18.7 Å². The molecular formula is C15H26N2O4. The first-order chi connectivity index (χ1) is 9.75. The molecule has 2 N–H and O–H groups in total. The highest BCUT2D eigenvalue weighted by atomic mass is 16.4. The lowest BCUT2D eigenvalue weighted by atomic mass is 9.85. The number of carbonyl (C=O) groups is 3. The van der Waals surface area contributed by atoms with E-state index < -0.39 is 17.3 Å². The van der Waals surface area contributed by atoms with Crippen LogP contribution in [0.3, 0.4) is 0 Å². The van der Waals surface area contributed by atoms with Crippen molar-refractivity contribution in [1.82, 2.24) is 10.2 Å². The summed E-state index contributed by atoms with van der Waals surface area (Å²) in [7, 11) is 0. The molecule has 0 spiro atoms. The minimum absolute atomic E-state index is 0.0211. The Morgan fingerprint density at radius 1 is 1.19 bits per heavy atom. The largest absolute Gasteiger partial charge is 0.481 e. The van der Waals surface area contributed by atoms with E-state index in [1.165, 1.54) is 0 Å². The summed E-state index contributed by atoms with van der Waals surface area (Å²) in [5.41, 5.74) is -0.666. The van der Waals surface area contributed by atoms with Crippen molar-refractivity contribution in [2.45, 2.75) is 65.3 Å². The molecule has 21 heavy (non-hydrogen) atoms. The predicted molar refractivity (Wildman–Crippen MR) is 78.8 cm³/mol. The number of aliphatic carboxylic acids is 1. The molecule has 0 aromatic heterocycles. The fourth-order valence-corrected chi connectivity index (χ4v) is 2.93. The Kier molecular flexibility index (Phi) is 6.18. The Hall–Kier alpha value is -1.59. The van der Waals surface area contributed by atoms with Gasteiger partial charge in [0.05, 0.1) is 6.42 Å². The number of carbonyl (C=O) groups excluding carboxylic acids is 2. The number of hydrogen-bond donors (Lipinski definition) is 2. The lowest BCUT2D eigenvalue weighted by Crippen LogP contribution is -2.47. The van der Waals surface area contributed by atoms with Gasteiger partial charge in [0.1, 0.15) is 0 Å². The van der Waals surface area contributed by atoms with Gasteiger partial charge in [-0.3, -0.25) is 14.9 Å². The van der Waals surface area contributed by atoms with Gasteiger partial charge in [-0.15, -0.1) is 0 Å². The first-order valence-electron chi connectivity index (χ1n) is 7.57. The first kappa shape index (κ1) is 17.5. The quantitative estimate of drug-likeness (QED) is 0.788. The fourth-order valence-electron chi connectivity index (χ4n) is 2.93. The van der Waals surface area contributed by atoms with Crippen molar-refractivity contribution < 1.29 is 19.5 Å². The van der Waals surface area contributed by atoms with Crippen molar-refractivity contribution in [3.8, 4) is 0 Å². The molecule has 6 nitrogen and oxygen atoms in total. The third kappa shape index (κ3) is 5.73. The lowest BCUT2D eigenvalue weighted by molar-refractivity contribution is -0.139. The molecule has 0 aromatic carbocycles. The van der Waals surface area contributed by atoms with Crippen LogP contribution in [0.25, 0.3) is 0 Å². The number of nitrogens with zero attached hydrogens (tertiary/aromatic N) is 1. The molecule has 0 saturated heterocycles. The second-order valence-electron chi connectivity index (χ2n) is 6.49. The molecule has 6 heteroatoms. The Bertz CT molecular complexity index is 400. The molecule has 0 radical (unpaired) electrons. The summed E-state index contributed by atoms with van der Waals surface area (Å²) in [5.74, 6) is -1.36. The third-order valence-electron chi connectivity index (χ3n) is 3.88. The number of carboxylic acids is 1. The van der Waals surface area contributed by atoms with Crippen LogP contribution < -0.4 is 5.32 Å². The molecule has 1 aliphatic carbocycles. The van der Waals surface area contributed by atoms with Gasteiger partial charge >= 0.3 is 12.0 Å². The van der Waals surface area contributed by atoms with Gasteiger partial charge in [0.2, 0.25) is 5.91 Å². The highest BCUT2D eigenvalue weighted by Gasteiger charge is 2.29. The van der Waals surface area contributed by atoms with Crippen LogP contribution in [0.5, 0.6) is 0 Å². The summed E-state index contributed by atoms with van der Waals surface area (Å²) in [6, 6.07) is -0.143. The molecule has 1 saturated carbocycles. The zero-order chi connectivity index (χ0) is 16.0. The summed E-state index contributed by atoms with van der Waals surface area (Å²) in [6.07, 6.45) is 4.13. The average molecular weight is 298 g/mol. The number of imide groups is 1. The molecule has 0 aliphatic heterocycles. The average Bonchev–Trinajstić information content (AvgIpc) is 2.80. The molecule has 0 unspecified atom stereocenters. The first-order valence-corrected chi connectivity index (χ1v) is 7.57. The number of rotatable bonds is 6. The van der Waals surface area contributed by atoms with E-state index in [9.17, 15) is 14.4 Å². The fraction of sp³-hybridized carbons (Fsp3) is 0.800. The van der Waals surface area contributed by atoms with Crippen LogP contribution in [0.2, 0.25) is 0 Å². The van der Waals surface area contributed by atoms with E-state index in [0.29, 0.717) is 6.54 Å². The maximum absolute atomic E-state index is 12.2. The van der Waals surface area contributed by atoms with Crippen LogP contribution in [0, 0.1) is 5.41 Å². The van der Waals surface area contributed by atoms with E-state index in [2.05, 4.69) is 5.32 Å². The second-order valence-corrected chi connectivity index (χ2v) is 6.49. The van der Waals surface area contributed by atoms with Gasteiger partial charge in [-0.2, -0.15) is 0 Å². The summed E-state index contributed by atoms with van der Waals surface area (Å²) in [6.45, 7) is 5.89. The molecule has 1 aliphatic rings. The van der Waals surface area contributed by atoms with Crippen LogP contribution in [-0.2, 0) is 9.59 Å². The van der Waals surface area contributed by atoms with Crippen LogP contribution in [0.15, 0.2) is 0 Å². The van der Waals surface area contributed by atoms with E-state index in [-0.39, 0.29) is 24.9 Å². The highest BCUT2D eigenvalue weighted by molar-refractivity contribution is 5.94. The van der Waals surface area contributed by atoms with Gasteiger partial charge in [-0.1, -0.05) is 26.7 Å². The van der Waals surface area contributed by atoms with E-state index >= 15 is 0 Å². The molecule has 0 aromatic rings. The van der Waals surface area contributed by atoms with Crippen molar-refractivity contribution in [1.29, 1.82) is 0 Å². The van der Waals surface area contributed by atoms with Crippen molar-refractivity contribution in [2.75, 3.05) is 6.54 Å². The minimum Gasteiger partial charge on any atom is -0.481 e. The van der Waals surface area contributed by atoms with Crippen molar-refractivity contribution in [3.63, 3.8) is 0 Å². The number of nitrogens with one attached hydrogen (secondary N) is 1. The summed E-state index contributed by atoms with van der Waals surface area (Å²) in [4.78, 5) is 36.5. The van der Waals surface area contributed by atoms with E-state index in [1.807, 2.05) is 6.92 Å². The van der Waals surface area contributed by atoms with Crippen LogP contribution in [0.1, 0.15) is 59.3 Å². The van der Waals surface area contributed by atoms with Gasteiger partial charge in [-0.05, 0) is 25.2 Å². The Morgan fingerprint density at radius 3 is 2.24 bits per heavy atom. The second kappa shape index (κ2) is 7.43. The van der Waals surface area contributed by atoms with Crippen LogP contribution >= 0.6 is 0 Å². The predicted octanol–water partition coefficient (Wildman–Crippen LogP) is 2.38. The third-order valence-corrected chi connectivity index (χ3v) is 3.88. The summed E-state index contributed by atoms with van der Waals surface area (Å²) in [5, 5.41) is 11.2. The molecule has 0 bridgehead atoms. The topological polar surface area (TPSA) is 86.7 Å². The van der Waals surface area contributed by atoms with Crippen molar-refractivity contribution >= 4 is 17.9 Å². The number of urea groups is 1. The standard InChI is InChI=1S/C15H26N2O4/c1-4-17(11-7-5-6-8-11)14(21)16-12(18)9-15(2,3)10-13(19)20/h11H,4-10H2,1-3H3,(H,19,20)(H,16,18,21). The minimum atomic E-state index is -0.944. The SMILES string of the molecule is CCN(C(=O)NC(=O)CC(C)(C)CC(=O)O)C1CCCC1. The Labute approximate surface area is 125 Å². The number of carboxylic acid groups (broad SMARTS) is 1. The smallest absolute Gasteiger partial charge is 0.324 e. The Morgan fingerprint density at radius 2 is 1.76 bits per heavy atom. The van der Waals surface area contributed by atoms with E-state index in [0.717, 1.165) is 25.7 Å². The van der Waals surface area contributed by atoms with Gasteiger partial charge in [0.25, 0.3) is 0 Å². The zero-order valence-corrected chi connectivity index (χ0v) is 13.1.